The lowest BCUT2D eigenvalue weighted by molar-refractivity contribution is 0.581. The number of sulfonamides is 1. The van der Waals surface area contributed by atoms with Gasteiger partial charge in [-0.1, -0.05) is 65.1 Å². The normalized spacial score (nSPS) is 11.6. The molecule has 0 aliphatic rings. The zero-order chi connectivity index (χ0) is 14.8. The number of hydrogen-bond donors (Lipinski definition) is 1. The maximum Gasteiger partial charge on any atom is 0.242 e. The van der Waals surface area contributed by atoms with Gasteiger partial charge in [-0.3, -0.25) is 0 Å². The van der Waals surface area contributed by atoms with Crippen molar-refractivity contribution in [1.82, 2.24) is 4.72 Å². The molecule has 2 rings (SSSR count). The molecule has 3 nitrogen and oxygen atoms in total. The molecule has 0 fully saturated rings. The molecule has 0 aliphatic heterocycles. The summed E-state index contributed by atoms with van der Waals surface area (Å²) in [7, 11) is -3.75. The van der Waals surface area contributed by atoms with Gasteiger partial charge in [-0.05, 0) is 17.7 Å². The van der Waals surface area contributed by atoms with Gasteiger partial charge in [0.2, 0.25) is 10.0 Å². The Balaban J connectivity index is 2.25. The highest BCUT2D eigenvalue weighted by Crippen LogP contribution is 2.31. The molecule has 0 unspecified atom stereocenters. The van der Waals surface area contributed by atoms with Crippen LogP contribution in [0.15, 0.2) is 47.4 Å². The predicted octanol–water partition coefficient (Wildman–Crippen LogP) is 4.13. The van der Waals surface area contributed by atoms with Crippen LogP contribution in [0.1, 0.15) is 5.56 Å². The molecule has 0 saturated heterocycles. The van der Waals surface area contributed by atoms with Crippen LogP contribution in [0.4, 0.5) is 0 Å². The monoisotopic (exact) mass is 349 g/mol. The molecule has 2 aromatic rings. The first-order valence-electron chi connectivity index (χ1n) is 5.58. The fourth-order valence-corrected chi connectivity index (χ4v) is 3.58. The standard InChI is InChI=1S/C13H10Cl3NO2S/c14-10-6-12(16)13(7-11(10)15)20(18,19)17-8-9-4-2-1-3-5-9/h1-7,17H,8H2. The summed E-state index contributed by atoms with van der Waals surface area (Å²) in [5.74, 6) is 0. The number of nitrogens with one attached hydrogen (secondary N) is 1. The zero-order valence-electron chi connectivity index (χ0n) is 10.1. The van der Waals surface area contributed by atoms with Crippen molar-refractivity contribution in [2.75, 3.05) is 0 Å². The molecule has 2 aromatic carbocycles. The quantitative estimate of drug-likeness (QED) is 0.843. The van der Waals surface area contributed by atoms with E-state index >= 15 is 0 Å². The van der Waals surface area contributed by atoms with Crippen molar-refractivity contribution in [3.63, 3.8) is 0 Å². The zero-order valence-corrected chi connectivity index (χ0v) is 13.2. The third kappa shape index (κ3) is 3.65. The molecule has 0 amide bonds. The molecule has 106 valence electrons. The van der Waals surface area contributed by atoms with Crippen LogP contribution < -0.4 is 4.72 Å². The van der Waals surface area contributed by atoms with Gasteiger partial charge in [0, 0.05) is 6.54 Å². The molecule has 0 spiro atoms. The lowest BCUT2D eigenvalue weighted by atomic mass is 10.2. The van der Waals surface area contributed by atoms with Gasteiger partial charge in [-0.15, -0.1) is 0 Å². The first-order chi connectivity index (χ1) is 9.40. The number of halogens is 3. The van der Waals surface area contributed by atoms with Crippen LogP contribution in [0.25, 0.3) is 0 Å². The molecular weight excluding hydrogens is 341 g/mol. The lowest BCUT2D eigenvalue weighted by Gasteiger charge is -2.09. The van der Waals surface area contributed by atoms with Gasteiger partial charge in [0.25, 0.3) is 0 Å². The van der Waals surface area contributed by atoms with E-state index < -0.39 is 10.0 Å². The highest BCUT2D eigenvalue weighted by molar-refractivity contribution is 7.89. The Morgan fingerprint density at radius 2 is 1.50 bits per heavy atom. The molecule has 0 atom stereocenters. The first kappa shape index (κ1) is 15.6. The summed E-state index contributed by atoms with van der Waals surface area (Å²) < 4.78 is 26.9. The Labute approximate surface area is 132 Å². The minimum atomic E-state index is -3.75. The van der Waals surface area contributed by atoms with Crippen LogP contribution in [-0.2, 0) is 16.6 Å². The van der Waals surface area contributed by atoms with E-state index in [1.807, 2.05) is 30.3 Å². The highest BCUT2D eigenvalue weighted by atomic mass is 35.5. The second-order valence-corrected chi connectivity index (χ2v) is 6.96. The Morgan fingerprint density at radius 3 is 2.15 bits per heavy atom. The number of benzene rings is 2. The second-order valence-electron chi connectivity index (χ2n) is 4.01. The van der Waals surface area contributed by atoms with E-state index in [2.05, 4.69) is 4.72 Å². The second kappa shape index (κ2) is 6.33. The fourth-order valence-electron chi connectivity index (χ4n) is 1.56. The molecule has 0 aliphatic carbocycles. The Morgan fingerprint density at radius 1 is 0.900 bits per heavy atom. The molecule has 0 radical (unpaired) electrons. The summed E-state index contributed by atoms with van der Waals surface area (Å²) in [6, 6.07) is 11.7. The molecule has 20 heavy (non-hydrogen) atoms. The van der Waals surface area contributed by atoms with Crippen LogP contribution >= 0.6 is 34.8 Å². The minimum absolute atomic E-state index is 0.0277. The smallest absolute Gasteiger partial charge is 0.207 e. The molecule has 0 aromatic heterocycles. The van der Waals surface area contributed by atoms with E-state index in [0.29, 0.717) is 0 Å². The lowest BCUT2D eigenvalue weighted by Crippen LogP contribution is -2.23. The van der Waals surface area contributed by atoms with Crippen molar-refractivity contribution in [3.05, 3.63) is 63.1 Å². The molecule has 0 bridgehead atoms. The van der Waals surface area contributed by atoms with Gasteiger partial charge in [-0.25, -0.2) is 13.1 Å². The summed E-state index contributed by atoms with van der Waals surface area (Å²) in [5.41, 5.74) is 0.840. The average molecular weight is 351 g/mol. The largest absolute Gasteiger partial charge is 0.242 e. The predicted molar refractivity (Wildman–Crippen MR) is 81.9 cm³/mol. The maximum absolute atomic E-state index is 12.2. The van der Waals surface area contributed by atoms with E-state index in [4.69, 9.17) is 34.8 Å². The van der Waals surface area contributed by atoms with Gasteiger partial charge >= 0.3 is 0 Å². The minimum Gasteiger partial charge on any atom is -0.207 e. The first-order valence-corrected chi connectivity index (χ1v) is 8.20. The van der Waals surface area contributed by atoms with Crippen LogP contribution in [-0.4, -0.2) is 8.42 Å². The van der Waals surface area contributed by atoms with Crippen LogP contribution in [0.5, 0.6) is 0 Å². The fraction of sp³-hybridized carbons (Fsp3) is 0.0769. The van der Waals surface area contributed by atoms with Crippen molar-refractivity contribution in [2.45, 2.75) is 11.4 Å². The van der Waals surface area contributed by atoms with E-state index in [9.17, 15) is 8.42 Å². The SMILES string of the molecule is O=S(=O)(NCc1ccccc1)c1cc(Cl)c(Cl)cc1Cl. The summed E-state index contributed by atoms with van der Waals surface area (Å²) in [6.07, 6.45) is 0. The van der Waals surface area contributed by atoms with Crippen molar-refractivity contribution in [3.8, 4) is 0 Å². The number of rotatable bonds is 4. The Bertz CT molecular complexity index is 718. The van der Waals surface area contributed by atoms with E-state index in [1.54, 1.807) is 0 Å². The van der Waals surface area contributed by atoms with E-state index in [0.717, 1.165) is 5.56 Å². The molecular formula is C13H10Cl3NO2S. The molecule has 0 saturated carbocycles. The summed E-state index contributed by atoms with van der Waals surface area (Å²) >= 11 is 17.5. The Kier molecular flexibility index (Phi) is 4.94. The van der Waals surface area contributed by atoms with Gasteiger partial charge in [0.1, 0.15) is 4.90 Å². The van der Waals surface area contributed by atoms with Crippen molar-refractivity contribution < 1.29 is 8.42 Å². The van der Waals surface area contributed by atoms with Gasteiger partial charge in [0.05, 0.1) is 15.1 Å². The topological polar surface area (TPSA) is 46.2 Å². The number of hydrogen-bond acceptors (Lipinski definition) is 2. The third-order valence-corrected chi connectivity index (χ3v) is 5.16. The van der Waals surface area contributed by atoms with Gasteiger partial charge in [0.15, 0.2) is 0 Å². The van der Waals surface area contributed by atoms with E-state index in [-0.39, 0.29) is 26.5 Å². The van der Waals surface area contributed by atoms with E-state index in [1.165, 1.54) is 12.1 Å². The maximum atomic E-state index is 12.2. The van der Waals surface area contributed by atoms with Gasteiger partial charge < -0.3 is 0 Å². The Hall–Kier alpha value is -0.780. The average Bonchev–Trinajstić information content (AvgIpc) is 2.42. The summed E-state index contributed by atoms with van der Waals surface area (Å²) in [6.45, 7) is 0.166. The highest BCUT2D eigenvalue weighted by Gasteiger charge is 2.19. The third-order valence-electron chi connectivity index (χ3n) is 2.57. The summed E-state index contributed by atoms with van der Waals surface area (Å²) in [5, 5.41) is 0.370. The summed E-state index contributed by atoms with van der Waals surface area (Å²) in [4.78, 5) is -0.0931. The van der Waals surface area contributed by atoms with Crippen LogP contribution in [0.2, 0.25) is 15.1 Å². The van der Waals surface area contributed by atoms with Crippen LogP contribution in [0.3, 0.4) is 0 Å². The van der Waals surface area contributed by atoms with Crippen LogP contribution in [0, 0.1) is 0 Å². The van der Waals surface area contributed by atoms with Crippen molar-refractivity contribution in [2.24, 2.45) is 0 Å². The molecule has 1 N–H and O–H groups in total. The van der Waals surface area contributed by atoms with Crippen molar-refractivity contribution >= 4 is 44.8 Å². The molecule has 0 heterocycles. The molecule has 7 heteroatoms. The van der Waals surface area contributed by atoms with Gasteiger partial charge in [-0.2, -0.15) is 0 Å². The van der Waals surface area contributed by atoms with Crippen molar-refractivity contribution in [1.29, 1.82) is 0 Å².